The lowest BCUT2D eigenvalue weighted by Gasteiger charge is -2.11. The maximum absolute atomic E-state index is 13.5. The molecular formula is C28H26FN3O6. The molecule has 0 bridgehead atoms. The van der Waals surface area contributed by atoms with E-state index in [4.69, 9.17) is 18.6 Å². The van der Waals surface area contributed by atoms with Crippen molar-refractivity contribution in [3.8, 4) is 17.2 Å². The van der Waals surface area contributed by atoms with Crippen molar-refractivity contribution in [1.82, 2.24) is 10.7 Å². The maximum Gasteiger partial charge on any atom is 0.271 e. The molecule has 9 nitrogen and oxygen atoms in total. The van der Waals surface area contributed by atoms with Gasteiger partial charge in [-0.25, -0.2) is 9.82 Å². The Balaban J connectivity index is 1.60. The van der Waals surface area contributed by atoms with E-state index in [1.165, 1.54) is 25.3 Å². The highest BCUT2D eigenvalue weighted by Gasteiger charge is 2.16. The van der Waals surface area contributed by atoms with Gasteiger partial charge >= 0.3 is 0 Å². The average Bonchev–Trinajstić information content (AvgIpc) is 2.94. The molecule has 2 amide bonds. The SMILES string of the molecule is COc1ccc(CCNC(=O)c2cc3cccc(OC)c3o/c2=N/NC(=O)c2cccc(F)c2)cc1OC. The van der Waals surface area contributed by atoms with Crippen molar-refractivity contribution in [2.24, 2.45) is 5.10 Å². The predicted molar refractivity (Wildman–Crippen MR) is 138 cm³/mol. The van der Waals surface area contributed by atoms with Crippen LogP contribution in [0.25, 0.3) is 11.0 Å². The number of carbonyl (C=O) groups excluding carboxylic acids is 2. The van der Waals surface area contributed by atoms with Crippen molar-refractivity contribution in [2.75, 3.05) is 27.9 Å². The molecule has 3 aromatic carbocycles. The number of nitrogens with zero attached hydrogens (tertiary/aromatic N) is 1. The molecule has 0 fully saturated rings. The van der Waals surface area contributed by atoms with Crippen LogP contribution in [0.4, 0.5) is 4.39 Å². The number of rotatable bonds is 9. The lowest BCUT2D eigenvalue weighted by atomic mass is 10.1. The van der Waals surface area contributed by atoms with E-state index in [1.54, 1.807) is 44.6 Å². The van der Waals surface area contributed by atoms with Crippen molar-refractivity contribution >= 4 is 22.8 Å². The van der Waals surface area contributed by atoms with Gasteiger partial charge in [-0.1, -0.05) is 24.3 Å². The number of hydrogen-bond donors (Lipinski definition) is 2. The minimum absolute atomic E-state index is 0.0630. The summed E-state index contributed by atoms with van der Waals surface area (Å²) in [6, 6.07) is 17.5. The first kappa shape index (κ1) is 26.2. The van der Waals surface area contributed by atoms with E-state index in [1.807, 2.05) is 12.1 Å². The zero-order valence-electron chi connectivity index (χ0n) is 21.0. The van der Waals surface area contributed by atoms with Gasteiger partial charge in [-0.15, -0.1) is 5.10 Å². The molecule has 1 aromatic heterocycles. The molecule has 0 atom stereocenters. The summed E-state index contributed by atoms with van der Waals surface area (Å²) in [5, 5.41) is 7.48. The number of benzene rings is 3. The fourth-order valence-electron chi connectivity index (χ4n) is 3.78. The molecule has 38 heavy (non-hydrogen) atoms. The van der Waals surface area contributed by atoms with Crippen LogP contribution in [-0.2, 0) is 6.42 Å². The van der Waals surface area contributed by atoms with Crippen LogP contribution >= 0.6 is 0 Å². The highest BCUT2D eigenvalue weighted by molar-refractivity contribution is 5.97. The Kier molecular flexibility index (Phi) is 8.22. The van der Waals surface area contributed by atoms with Crippen LogP contribution in [0.5, 0.6) is 17.2 Å². The summed E-state index contributed by atoms with van der Waals surface area (Å²) in [6.45, 7) is 0.305. The van der Waals surface area contributed by atoms with Gasteiger partial charge in [0.15, 0.2) is 22.8 Å². The van der Waals surface area contributed by atoms with Gasteiger partial charge in [-0.05, 0) is 54.4 Å². The number of nitrogens with one attached hydrogen (secondary N) is 2. The average molecular weight is 520 g/mol. The monoisotopic (exact) mass is 519 g/mol. The van der Waals surface area contributed by atoms with Crippen molar-refractivity contribution in [3.05, 3.63) is 94.8 Å². The largest absolute Gasteiger partial charge is 0.493 e. The second kappa shape index (κ2) is 11.9. The second-order valence-corrected chi connectivity index (χ2v) is 8.10. The van der Waals surface area contributed by atoms with Crippen LogP contribution in [0.1, 0.15) is 26.3 Å². The quantitative estimate of drug-likeness (QED) is 0.325. The molecule has 4 rings (SSSR count). The number of amides is 2. The summed E-state index contributed by atoms with van der Waals surface area (Å²) in [5.74, 6) is -0.0609. The van der Waals surface area contributed by atoms with Crippen molar-refractivity contribution < 1.29 is 32.6 Å². The number of para-hydroxylation sites is 1. The molecule has 4 aromatic rings. The lowest BCUT2D eigenvalue weighted by Crippen LogP contribution is -2.32. The molecule has 0 saturated carbocycles. The topological polar surface area (TPSA) is 111 Å². The third-order valence-electron chi connectivity index (χ3n) is 5.70. The van der Waals surface area contributed by atoms with Crippen LogP contribution in [0.2, 0.25) is 0 Å². The number of carbonyl (C=O) groups is 2. The van der Waals surface area contributed by atoms with Crippen LogP contribution in [0.3, 0.4) is 0 Å². The van der Waals surface area contributed by atoms with Gasteiger partial charge in [0.25, 0.3) is 11.8 Å². The Labute approximate surface area is 217 Å². The first-order chi connectivity index (χ1) is 18.4. The Morgan fingerprint density at radius 3 is 2.37 bits per heavy atom. The molecule has 2 N–H and O–H groups in total. The van der Waals surface area contributed by atoms with E-state index in [2.05, 4.69) is 15.8 Å². The summed E-state index contributed by atoms with van der Waals surface area (Å²) in [4.78, 5) is 25.7. The van der Waals surface area contributed by atoms with E-state index in [0.717, 1.165) is 11.6 Å². The molecule has 10 heteroatoms. The number of ether oxygens (including phenoxy) is 3. The van der Waals surface area contributed by atoms with Gasteiger partial charge in [-0.3, -0.25) is 9.59 Å². The molecule has 0 spiro atoms. The molecule has 1 heterocycles. The predicted octanol–water partition coefficient (Wildman–Crippen LogP) is 3.82. The summed E-state index contributed by atoms with van der Waals surface area (Å²) in [5.41, 5.74) is 3.62. The summed E-state index contributed by atoms with van der Waals surface area (Å²) in [6.07, 6.45) is 0.521. The summed E-state index contributed by atoms with van der Waals surface area (Å²) in [7, 11) is 4.60. The number of halogens is 1. The summed E-state index contributed by atoms with van der Waals surface area (Å²) < 4.78 is 35.4. The van der Waals surface area contributed by atoms with Gasteiger partial charge in [0, 0.05) is 17.5 Å². The zero-order chi connectivity index (χ0) is 27.1. The summed E-state index contributed by atoms with van der Waals surface area (Å²) >= 11 is 0. The van der Waals surface area contributed by atoms with E-state index >= 15 is 0 Å². The second-order valence-electron chi connectivity index (χ2n) is 8.10. The molecule has 0 radical (unpaired) electrons. The van der Waals surface area contributed by atoms with E-state index in [0.29, 0.717) is 41.2 Å². The molecule has 0 aliphatic carbocycles. The third-order valence-corrected chi connectivity index (χ3v) is 5.70. The first-order valence-electron chi connectivity index (χ1n) is 11.6. The Bertz CT molecular complexity index is 1550. The molecule has 0 unspecified atom stereocenters. The van der Waals surface area contributed by atoms with Gasteiger partial charge < -0.3 is 23.9 Å². The fraction of sp³-hybridized carbons (Fsp3) is 0.179. The number of fused-ring (bicyclic) bond motifs is 1. The maximum atomic E-state index is 13.5. The molecule has 0 aliphatic heterocycles. The standard InChI is InChI=1S/C28H26FN3O6/c1-35-22-11-10-17(14-24(22)37-3)12-13-30-27(34)21-16-18-6-5-9-23(36-2)25(18)38-28(21)32-31-26(33)19-7-4-8-20(29)15-19/h4-11,14-16H,12-13H2,1-3H3,(H,30,34)(H,31,33)/b32-28+. The molecule has 0 saturated heterocycles. The number of methoxy groups -OCH3 is 3. The van der Waals surface area contributed by atoms with Gasteiger partial charge in [0.1, 0.15) is 11.4 Å². The molecule has 196 valence electrons. The first-order valence-corrected chi connectivity index (χ1v) is 11.6. The van der Waals surface area contributed by atoms with Gasteiger partial charge in [0.2, 0.25) is 5.55 Å². The minimum atomic E-state index is -0.667. The fourth-order valence-corrected chi connectivity index (χ4v) is 3.78. The Morgan fingerprint density at radius 2 is 1.63 bits per heavy atom. The third kappa shape index (κ3) is 5.92. The van der Waals surface area contributed by atoms with Crippen LogP contribution < -0.4 is 30.5 Å². The Hall–Kier alpha value is -4.86. The van der Waals surface area contributed by atoms with Crippen molar-refractivity contribution in [2.45, 2.75) is 6.42 Å². The minimum Gasteiger partial charge on any atom is -0.493 e. The zero-order valence-corrected chi connectivity index (χ0v) is 21.0. The number of hydrogen-bond acceptors (Lipinski definition) is 7. The molecular weight excluding hydrogens is 493 g/mol. The van der Waals surface area contributed by atoms with Crippen molar-refractivity contribution in [3.63, 3.8) is 0 Å². The molecule has 0 aliphatic rings. The normalized spacial score (nSPS) is 11.2. The Morgan fingerprint density at radius 1 is 0.868 bits per heavy atom. The highest BCUT2D eigenvalue weighted by atomic mass is 19.1. The van der Waals surface area contributed by atoms with Crippen LogP contribution in [-0.4, -0.2) is 39.7 Å². The van der Waals surface area contributed by atoms with Gasteiger partial charge in [-0.2, -0.15) is 0 Å². The van der Waals surface area contributed by atoms with E-state index in [9.17, 15) is 14.0 Å². The smallest absolute Gasteiger partial charge is 0.271 e. The van der Waals surface area contributed by atoms with Gasteiger partial charge in [0.05, 0.1) is 21.3 Å². The van der Waals surface area contributed by atoms with E-state index in [-0.39, 0.29) is 16.7 Å². The highest BCUT2D eigenvalue weighted by Crippen LogP contribution is 2.27. The van der Waals surface area contributed by atoms with Crippen LogP contribution in [0, 0.1) is 5.82 Å². The van der Waals surface area contributed by atoms with Crippen molar-refractivity contribution in [1.29, 1.82) is 0 Å². The van der Waals surface area contributed by atoms with E-state index < -0.39 is 17.6 Å². The lowest BCUT2D eigenvalue weighted by molar-refractivity contribution is 0.0934. The van der Waals surface area contributed by atoms with Crippen LogP contribution in [0.15, 0.2) is 76.2 Å².